The molecule has 156 valence electrons. The summed E-state index contributed by atoms with van der Waals surface area (Å²) < 4.78 is 10.7. The van der Waals surface area contributed by atoms with E-state index >= 15 is 0 Å². The van der Waals surface area contributed by atoms with Crippen molar-refractivity contribution in [1.29, 1.82) is 0 Å². The molecule has 0 fully saturated rings. The predicted octanol–water partition coefficient (Wildman–Crippen LogP) is 3.59. The van der Waals surface area contributed by atoms with Crippen molar-refractivity contribution in [2.45, 2.75) is 52.7 Å². The normalized spacial score (nSPS) is 11.8. The van der Waals surface area contributed by atoms with Crippen LogP contribution < -0.4 is 16.4 Å². The summed E-state index contributed by atoms with van der Waals surface area (Å²) in [7, 11) is 0. The third-order valence-electron chi connectivity index (χ3n) is 3.57. The Hall–Kier alpha value is -3.36. The number of nitrogens with two attached hydrogens (primary N) is 2. The summed E-state index contributed by atoms with van der Waals surface area (Å²) in [6.07, 6.45) is -0.598. The Morgan fingerprint density at radius 1 is 0.897 bits per heavy atom. The number of benzene rings is 1. The van der Waals surface area contributed by atoms with Gasteiger partial charge in [0.25, 0.3) is 5.91 Å². The SMILES string of the molecule is CC(C)(C)OC(=O)N(C(=O)OC(C)(C)C)c1nccc2c(C(N)=O)c(N)ccc12. The van der Waals surface area contributed by atoms with Crippen LogP contribution >= 0.6 is 0 Å². The van der Waals surface area contributed by atoms with Crippen LogP contribution in [0.2, 0.25) is 0 Å². The van der Waals surface area contributed by atoms with Crippen molar-refractivity contribution in [2.24, 2.45) is 5.73 Å². The van der Waals surface area contributed by atoms with E-state index in [9.17, 15) is 14.4 Å². The number of ether oxygens (including phenoxy) is 2. The molecule has 0 bridgehead atoms. The number of hydrogen-bond acceptors (Lipinski definition) is 7. The molecule has 0 unspecified atom stereocenters. The van der Waals surface area contributed by atoms with Crippen LogP contribution in [-0.4, -0.2) is 34.3 Å². The van der Waals surface area contributed by atoms with E-state index in [1.807, 2.05) is 0 Å². The minimum atomic E-state index is -0.968. The summed E-state index contributed by atoms with van der Waals surface area (Å²) in [5.74, 6) is -0.806. The second kappa shape index (κ2) is 7.57. The topological polar surface area (TPSA) is 138 Å². The molecule has 9 heteroatoms. The zero-order valence-corrected chi connectivity index (χ0v) is 17.4. The summed E-state index contributed by atoms with van der Waals surface area (Å²) in [5.41, 5.74) is 9.84. The number of anilines is 2. The first-order chi connectivity index (χ1) is 13.2. The van der Waals surface area contributed by atoms with Crippen LogP contribution in [0.15, 0.2) is 24.4 Å². The third-order valence-corrected chi connectivity index (χ3v) is 3.57. The molecule has 1 aromatic carbocycles. The molecular formula is C20H26N4O5. The Labute approximate surface area is 168 Å². The van der Waals surface area contributed by atoms with Crippen molar-refractivity contribution < 1.29 is 23.9 Å². The van der Waals surface area contributed by atoms with Crippen LogP contribution in [0.25, 0.3) is 10.8 Å². The molecular weight excluding hydrogens is 376 g/mol. The molecule has 3 amide bonds. The second-order valence-corrected chi connectivity index (χ2v) is 8.42. The Balaban J connectivity index is 2.72. The summed E-state index contributed by atoms with van der Waals surface area (Å²) in [4.78, 5) is 42.5. The number of amides is 3. The van der Waals surface area contributed by atoms with Crippen LogP contribution in [0, 0.1) is 0 Å². The number of carbonyl (C=O) groups is 3. The molecule has 0 radical (unpaired) electrons. The van der Waals surface area contributed by atoms with Gasteiger partial charge in [0.1, 0.15) is 11.2 Å². The molecule has 9 nitrogen and oxygen atoms in total. The molecule has 2 rings (SSSR count). The molecule has 0 saturated heterocycles. The summed E-state index contributed by atoms with van der Waals surface area (Å²) in [6.45, 7) is 10.0. The maximum Gasteiger partial charge on any atom is 0.425 e. The fourth-order valence-corrected chi connectivity index (χ4v) is 2.57. The number of imide groups is 1. The number of fused-ring (bicyclic) bond motifs is 1. The molecule has 29 heavy (non-hydrogen) atoms. The highest BCUT2D eigenvalue weighted by Crippen LogP contribution is 2.31. The number of primary amides is 1. The van der Waals surface area contributed by atoms with Gasteiger partial charge in [-0.15, -0.1) is 0 Å². The van der Waals surface area contributed by atoms with Gasteiger partial charge in [-0.2, -0.15) is 4.90 Å². The average Bonchev–Trinajstić information content (AvgIpc) is 2.50. The lowest BCUT2D eigenvalue weighted by atomic mass is 10.0. The molecule has 4 N–H and O–H groups in total. The van der Waals surface area contributed by atoms with Crippen LogP contribution in [0.3, 0.4) is 0 Å². The lowest BCUT2D eigenvalue weighted by Crippen LogP contribution is -2.44. The number of carbonyl (C=O) groups excluding carboxylic acids is 3. The fraction of sp³-hybridized carbons (Fsp3) is 0.400. The molecule has 2 aromatic rings. The van der Waals surface area contributed by atoms with Gasteiger partial charge >= 0.3 is 12.2 Å². The Morgan fingerprint density at radius 2 is 1.41 bits per heavy atom. The van der Waals surface area contributed by atoms with Crippen LogP contribution in [0.1, 0.15) is 51.9 Å². The van der Waals surface area contributed by atoms with Crippen molar-refractivity contribution in [1.82, 2.24) is 4.98 Å². The Bertz CT molecular complexity index is 945. The lowest BCUT2D eigenvalue weighted by molar-refractivity contribution is 0.0429. The van der Waals surface area contributed by atoms with Crippen LogP contribution in [0.5, 0.6) is 0 Å². The minimum absolute atomic E-state index is 0.0616. The number of rotatable bonds is 2. The highest BCUT2D eigenvalue weighted by molar-refractivity contribution is 6.18. The monoisotopic (exact) mass is 402 g/mol. The molecule has 1 aromatic heterocycles. The van der Waals surface area contributed by atoms with Gasteiger partial charge in [0.2, 0.25) is 0 Å². The van der Waals surface area contributed by atoms with E-state index < -0.39 is 29.3 Å². The fourth-order valence-electron chi connectivity index (χ4n) is 2.57. The van der Waals surface area contributed by atoms with Gasteiger partial charge in [0.15, 0.2) is 5.82 Å². The van der Waals surface area contributed by atoms with Crippen molar-refractivity contribution in [3.8, 4) is 0 Å². The molecule has 0 aliphatic rings. The van der Waals surface area contributed by atoms with E-state index in [4.69, 9.17) is 20.9 Å². The van der Waals surface area contributed by atoms with Crippen LogP contribution in [-0.2, 0) is 9.47 Å². The highest BCUT2D eigenvalue weighted by Gasteiger charge is 2.34. The standard InChI is InChI=1S/C20H26N4O5/c1-19(2,3)28-17(26)24(18(27)29-20(4,5)6)16-12-7-8-13(21)14(15(22)25)11(12)9-10-23-16/h7-10H,21H2,1-6H3,(H2,22,25). The molecule has 0 aliphatic heterocycles. The van der Waals surface area contributed by atoms with Crippen molar-refractivity contribution in [2.75, 3.05) is 10.6 Å². The van der Waals surface area contributed by atoms with Gasteiger partial charge in [-0.05, 0) is 59.7 Å². The van der Waals surface area contributed by atoms with Gasteiger partial charge in [-0.3, -0.25) is 4.79 Å². The van der Waals surface area contributed by atoms with E-state index in [1.54, 1.807) is 47.6 Å². The maximum atomic E-state index is 12.9. The number of nitrogen functional groups attached to an aromatic ring is 1. The largest absolute Gasteiger partial charge is 0.443 e. The van der Waals surface area contributed by atoms with E-state index in [2.05, 4.69) is 4.98 Å². The summed E-state index contributed by atoms with van der Waals surface area (Å²) >= 11 is 0. The third kappa shape index (κ3) is 5.13. The predicted molar refractivity (Wildman–Crippen MR) is 110 cm³/mol. The number of pyridine rings is 1. The zero-order chi connectivity index (χ0) is 22.1. The minimum Gasteiger partial charge on any atom is -0.443 e. The lowest BCUT2D eigenvalue weighted by Gasteiger charge is -2.28. The highest BCUT2D eigenvalue weighted by atomic mass is 16.6. The first-order valence-electron chi connectivity index (χ1n) is 8.94. The second-order valence-electron chi connectivity index (χ2n) is 8.42. The van der Waals surface area contributed by atoms with Crippen LogP contribution in [0.4, 0.5) is 21.1 Å². The summed E-state index contributed by atoms with van der Waals surface area (Å²) in [5, 5.41) is 0.659. The first kappa shape index (κ1) is 21.9. The Kier molecular flexibility index (Phi) is 5.73. The van der Waals surface area contributed by atoms with E-state index in [-0.39, 0.29) is 17.1 Å². The maximum absolute atomic E-state index is 12.9. The Morgan fingerprint density at radius 3 is 1.86 bits per heavy atom. The number of aromatic nitrogens is 1. The summed E-state index contributed by atoms with van der Waals surface area (Å²) in [6, 6.07) is 4.52. The van der Waals surface area contributed by atoms with E-state index in [0.717, 1.165) is 0 Å². The quantitative estimate of drug-likeness (QED) is 0.732. The van der Waals surface area contributed by atoms with Crippen molar-refractivity contribution >= 4 is 40.4 Å². The number of nitrogens with zero attached hydrogens (tertiary/aromatic N) is 2. The molecule has 0 aliphatic carbocycles. The molecule has 0 atom stereocenters. The number of hydrogen-bond donors (Lipinski definition) is 2. The first-order valence-corrected chi connectivity index (χ1v) is 8.94. The van der Waals surface area contributed by atoms with Gasteiger partial charge in [-0.1, -0.05) is 0 Å². The zero-order valence-electron chi connectivity index (χ0n) is 17.4. The van der Waals surface area contributed by atoms with Gasteiger partial charge in [-0.25, -0.2) is 14.6 Å². The van der Waals surface area contributed by atoms with Crippen molar-refractivity contribution in [3.05, 3.63) is 30.0 Å². The average molecular weight is 402 g/mol. The molecule has 0 spiro atoms. The van der Waals surface area contributed by atoms with E-state index in [0.29, 0.717) is 15.7 Å². The van der Waals surface area contributed by atoms with Gasteiger partial charge < -0.3 is 20.9 Å². The van der Waals surface area contributed by atoms with E-state index in [1.165, 1.54) is 18.3 Å². The van der Waals surface area contributed by atoms with Gasteiger partial charge in [0, 0.05) is 22.7 Å². The molecule has 1 heterocycles. The van der Waals surface area contributed by atoms with Gasteiger partial charge in [0.05, 0.1) is 5.56 Å². The molecule has 0 saturated carbocycles. The van der Waals surface area contributed by atoms with Crippen molar-refractivity contribution in [3.63, 3.8) is 0 Å². The smallest absolute Gasteiger partial charge is 0.425 e.